The van der Waals surface area contributed by atoms with Gasteiger partial charge in [0.25, 0.3) is 5.91 Å². The third-order valence-corrected chi connectivity index (χ3v) is 2.39. The highest BCUT2D eigenvalue weighted by Gasteiger charge is 2.13. The van der Waals surface area contributed by atoms with Crippen LogP contribution in [0.4, 0.5) is 5.82 Å². The molecule has 2 heterocycles. The Morgan fingerprint density at radius 3 is 3.14 bits per heavy atom. The van der Waals surface area contributed by atoms with Crippen LogP contribution in [0.5, 0.6) is 0 Å². The molecule has 0 spiro atoms. The van der Waals surface area contributed by atoms with Crippen molar-refractivity contribution in [2.24, 2.45) is 0 Å². The van der Waals surface area contributed by atoms with E-state index in [9.17, 15) is 4.79 Å². The highest BCUT2D eigenvalue weighted by molar-refractivity contribution is 6.02. The zero-order chi connectivity index (χ0) is 15.1. The average molecular weight is 287 g/mol. The third kappa shape index (κ3) is 4.14. The normalized spacial score (nSPS) is 9.81. The van der Waals surface area contributed by atoms with E-state index in [1.54, 1.807) is 12.1 Å². The number of amides is 1. The molecule has 0 aliphatic heterocycles. The quantitative estimate of drug-likeness (QED) is 0.808. The van der Waals surface area contributed by atoms with Crippen molar-refractivity contribution in [2.75, 3.05) is 19.0 Å². The largest absolute Gasteiger partial charge is 0.384 e. The van der Waals surface area contributed by atoms with Gasteiger partial charge in [-0.15, -0.1) is 0 Å². The van der Waals surface area contributed by atoms with E-state index in [0.717, 1.165) is 0 Å². The number of nitrogens with zero attached hydrogens (tertiary/aromatic N) is 2. The van der Waals surface area contributed by atoms with Crippen molar-refractivity contribution in [3.8, 4) is 11.8 Å². The highest BCUT2D eigenvalue weighted by atomic mass is 16.5. The molecule has 2 aromatic rings. The fourth-order valence-corrected chi connectivity index (χ4v) is 1.53. The molecule has 2 rings (SSSR count). The van der Waals surface area contributed by atoms with Crippen molar-refractivity contribution >= 4 is 11.7 Å². The maximum absolute atomic E-state index is 12.0. The number of hydrogen-bond acceptors (Lipinski definition) is 6. The lowest BCUT2D eigenvalue weighted by molar-refractivity contribution is 0.101. The number of ether oxygens (including phenoxy) is 1. The van der Waals surface area contributed by atoms with Crippen LogP contribution in [-0.2, 0) is 11.3 Å². The van der Waals surface area contributed by atoms with E-state index in [4.69, 9.17) is 14.4 Å². The van der Waals surface area contributed by atoms with Gasteiger partial charge in [0, 0.05) is 24.9 Å². The number of aliphatic hydroxyl groups is 1. The molecule has 1 amide bonds. The van der Waals surface area contributed by atoms with Crippen LogP contribution < -0.4 is 5.32 Å². The number of nitrogens with one attached hydrogen (secondary N) is 1. The van der Waals surface area contributed by atoms with E-state index < -0.39 is 5.91 Å². The molecule has 7 nitrogen and oxygen atoms in total. The van der Waals surface area contributed by atoms with E-state index >= 15 is 0 Å². The summed E-state index contributed by atoms with van der Waals surface area (Å²) in [7, 11) is 1.52. The molecule has 0 atom stereocenters. The van der Waals surface area contributed by atoms with E-state index in [1.165, 1.54) is 19.4 Å². The predicted octanol–water partition coefficient (Wildman–Crippen LogP) is 0.812. The number of pyridine rings is 1. The molecule has 0 aromatic carbocycles. The second kappa shape index (κ2) is 7.19. The number of anilines is 1. The van der Waals surface area contributed by atoms with Crippen molar-refractivity contribution in [1.82, 2.24) is 10.1 Å². The molecule has 0 saturated carbocycles. The molecule has 0 fully saturated rings. The van der Waals surface area contributed by atoms with Crippen LogP contribution in [0, 0.1) is 11.8 Å². The molecule has 0 aliphatic carbocycles. The number of methoxy groups -OCH3 is 1. The van der Waals surface area contributed by atoms with E-state index in [-0.39, 0.29) is 18.9 Å². The zero-order valence-electron chi connectivity index (χ0n) is 11.3. The lowest BCUT2D eigenvalue weighted by Crippen LogP contribution is -2.13. The standard InChI is InChI=1S/C14H13N3O4/c1-20-9-11-8-12(17-21-11)14(19)16-13-7-10(3-2-6-18)4-5-15-13/h4-5,7-8,18H,6,9H2,1H3,(H,15,16,19). The fraction of sp³-hybridized carbons (Fsp3) is 0.214. The minimum absolute atomic E-state index is 0.135. The molecule has 7 heteroatoms. The van der Waals surface area contributed by atoms with Crippen LogP contribution in [0.15, 0.2) is 28.9 Å². The topological polar surface area (TPSA) is 97.5 Å². The Kier molecular flexibility index (Phi) is 5.04. The summed E-state index contributed by atoms with van der Waals surface area (Å²) in [6, 6.07) is 4.76. The number of aromatic nitrogens is 2. The first-order valence-electron chi connectivity index (χ1n) is 6.04. The van der Waals surface area contributed by atoms with E-state index in [0.29, 0.717) is 17.1 Å². The molecule has 0 aliphatic rings. The molecular formula is C14H13N3O4. The van der Waals surface area contributed by atoms with Gasteiger partial charge in [0.15, 0.2) is 11.5 Å². The first-order valence-corrected chi connectivity index (χ1v) is 6.04. The zero-order valence-corrected chi connectivity index (χ0v) is 11.3. The van der Waals surface area contributed by atoms with Crippen LogP contribution in [0.1, 0.15) is 21.8 Å². The minimum atomic E-state index is -0.444. The third-order valence-electron chi connectivity index (χ3n) is 2.39. The lowest BCUT2D eigenvalue weighted by atomic mass is 10.2. The SMILES string of the molecule is COCc1cc(C(=O)Nc2cc(C#CCO)ccn2)no1. The molecule has 2 aromatic heterocycles. The van der Waals surface area contributed by atoms with Gasteiger partial charge in [0.1, 0.15) is 19.0 Å². The molecule has 2 N–H and O–H groups in total. The van der Waals surface area contributed by atoms with Gasteiger partial charge in [-0.05, 0) is 12.1 Å². The monoisotopic (exact) mass is 287 g/mol. The first kappa shape index (κ1) is 14.7. The highest BCUT2D eigenvalue weighted by Crippen LogP contribution is 2.10. The fourth-order valence-electron chi connectivity index (χ4n) is 1.53. The van der Waals surface area contributed by atoms with Crippen LogP contribution in [0.3, 0.4) is 0 Å². The van der Waals surface area contributed by atoms with Gasteiger partial charge in [-0.2, -0.15) is 0 Å². The summed E-state index contributed by atoms with van der Waals surface area (Å²) >= 11 is 0. The Bertz CT molecular complexity index is 685. The predicted molar refractivity (Wildman–Crippen MR) is 73.4 cm³/mol. The molecule has 0 unspecified atom stereocenters. The second-order valence-electron chi connectivity index (χ2n) is 3.96. The van der Waals surface area contributed by atoms with E-state index in [1.807, 2.05) is 0 Å². The van der Waals surface area contributed by atoms with Gasteiger partial charge in [-0.3, -0.25) is 4.79 Å². The Balaban J connectivity index is 2.08. The van der Waals surface area contributed by atoms with Crippen molar-refractivity contribution in [2.45, 2.75) is 6.61 Å². The summed E-state index contributed by atoms with van der Waals surface area (Å²) in [6.07, 6.45) is 1.51. The van der Waals surface area contributed by atoms with Crippen molar-refractivity contribution < 1.29 is 19.2 Å². The Morgan fingerprint density at radius 1 is 1.52 bits per heavy atom. The van der Waals surface area contributed by atoms with E-state index in [2.05, 4.69) is 27.3 Å². The molecule has 0 saturated heterocycles. The summed E-state index contributed by atoms with van der Waals surface area (Å²) in [5.41, 5.74) is 0.769. The van der Waals surface area contributed by atoms with Gasteiger partial charge in [0.2, 0.25) is 0 Å². The Hall–Kier alpha value is -2.69. The number of carbonyl (C=O) groups is 1. The Morgan fingerprint density at radius 2 is 2.38 bits per heavy atom. The van der Waals surface area contributed by atoms with Gasteiger partial charge >= 0.3 is 0 Å². The summed E-state index contributed by atoms with van der Waals surface area (Å²) in [6.45, 7) is 0.00992. The van der Waals surface area contributed by atoms with Crippen molar-refractivity contribution in [3.05, 3.63) is 41.4 Å². The number of carbonyl (C=O) groups excluding carboxylic acids is 1. The van der Waals surface area contributed by atoms with Gasteiger partial charge in [-0.1, -0.05) is 17.0 Å². The smallest absolute Gasteiger partial charge is 0.279 e. The second-order valence-corrected chi connectivity index (χ2v) is 3.96. The molecule has 0 radical (unpaired) electrons. The van der Waals surface area contributed by atoms with Crippen LogP contribution >= 0.6 is 0 Å². The lowest BCUT2D eigenvalue weighted by Gasteiger charge is -2.01. The Labute approximate surface area is 120 Å². The number of hydrogen-bond donors (Lipinski definition) is 2. The maximum Gasteiger partial charge on any atom is 0.279 e. The number of rotatable bonds is 4. The summed E-state index contributed by atoms with van der Waals surface area (Å²) in [4.78, 5) is 16.0. The molecule has 21 heavy (non-hydrogen) atoms. The van der Waals surface area contributed by atoms with Gasteiger partial charge in [-0.25, -0.2) is 4.98 Å². The summed E-state index contributed by atoms with van der Waals surface area (Å²) in [5.74, 6) is 5.59. The van der Waals surface area contributed by atoms with Gasteiger partial charge < -0.3 is 19.7 Å². The minimum Gasteiger partial charge on any atom is -0.384 e. The number of aliphatic hydroxyl groups excluding tert-OH is 1. The molecular weight excluding hydrogens is 274 g/mol. The maximum atomic E-state index is 12.0. The van der Waals surface area contributed by atoms with Crippen molar-refractivity contribution in [3.63, 3.8) is 0 Å². The average Bonchev–Trinajstić information content (AvgIpc) is 2.95. The summed E-state index contributed by atoms with van der Waals surface area (Å²) < 4.78 is 9.81. The molecule has 0 bridgehead atoms. The van der Waals surface area contributed by atoms with Crippen molar-refractivity contribution in [1.29, 1.82) is 0 Å². The molecule has 108 valence electrons. The van der Waals surface area contributed by atoms with Gasteiger partial charge in [0.05, 0.1) is 0 Å². The van der Waals surface area contributed by atoms with Crippen LogP contribution in [0.25, 0.3) is 0 Å². The van der Waals surface area contributed by atoms with Crippen LogP contribution in [0.2, 0.25) is 0 Å². The summed E-state index contributed by atoms with van der Waals surface area (Å²) in [5, 5.41) is 14.9. The first-order chi connectivity index (χ1) is 10.2. The van der Waals surface area contributed by atoms with Crippen LogP contribution in [-0.4, -0.2) is 34.9 Å².